The summed E-state index contributed by atoms with van der Waals surface area (Å²) in [5.41, 5.74) is 0. The summed E-state index contributed by atoms with van der Waals surface area (Å²) in [5.74, 6) is 0.399. The minimum Gasteiger partial charge on any atom is -0.356 e. The van der Waals surface area contributed by atoms with Crippen molar-refractivity contribution in [3.63, 3.8) is 0 Å². The molecule has 3 nitrogen and oxygen atoms in total. The van der Waals surface area contributed by atoms with Crippen molar-refractivity contribution < 1.29 is 4.79 Å². The highest BCUT2D eigenvalue weighted by atomic mass is 16.1. The molecule has 1 aliphatic carbocycles. The zero-order valence-corrected chi connectivity index (χ0v) is 8.34. The van der Waals surface area contributed by atoms with Gasteiger partial charge in [0, 0.05) is 19.6 Å². The van der Waals surface area contributed by atoms with Crippen LogP contribution in [0.5, 0.6) is 0 Å². The van der Waals surface area contributed by atoms with Crippen LogP contribution in [0.2, 0.25) is 0 Å². The average molecular weight is 182 g/mol. The van der Waals surface area contributed by atoms with E-state index in [2.05, 4.69) is 17.6 Å². The number of nitrogens with one attached hydrogen (secondary N) is 2. The topological polar surface area (TPSA) is 41.1 Å². The number of hydrogen-bond donors (Lipinski definition) is 2. The predicted molar refractivity (Wildman–Crippen MR) is 53.4 cm³/mol. The second-order valence-corrected chi connectivity index (χ2v) is 3.63. The van der Waals surface area contributed by atoms with Crippen LogP contribution in [-0.2, 0) is 4.79 Å². The zero-order chi connectivity index (χ0) is 9.68. The molecule has 1 atom stereocenters. The first-order valence-corrected chi connectivity index (χ1v) is 4.85. The van der Waals surface area contributed by atoms with Gasteiger partial charge in [-0.05, 0) is 24.8 Å². The quantitative estimate of drug-likeness (QED) is 0.614. The molecule has 1 aliphatic rings. The van der Waals surface area contributed by atoms with Gasteiger partial charge in [0.1, 0.15) is 0 Å². The van der Waals surface area contributed by atoms with E-state index in [0.29, 0.717) is 5.92 Å². The molecule has 0 saturated heterocycles. The summed E-state index contributed by atoms with van der Waals surface area (Å²) >= 11 is 0. The van der Waals surface area contributed by atoms with Crippen molar-refractivity contribution >= 4 is 5.91 Å². The van der Waals surface area contributed by atoms with Crippen molar-refractivity contribution in [2.75, 3.05) is 13.6 Å². The zero-order valence-electron chi connectivity index (χ0n) is 8.34. The summed E-state index contributed by atoms with van der Waals surface area (Å²) in [6.45, 7) is 3.08. The molecule has 1 amide bonds. The number of carbonyl (C=O) groups is 1. The molecule has 3 heteroatoms. The molecule has 0 bridgehead atoms. The highest BCUT2D eigenvalue weighted by molar-refractivity contribution is 5.87. The summed E-state index contributed by atoms with van der Waals surface area (Å²) in [6, 6.07) is 0.746. The van der Waals surface area contributed by atoms with E-state index in [-0.39, 0.29) is 5.91 Å². The van der Waals surface area contributed by atoms with E-state index in [1.807, 2.05) is 6.08 Å². The molecule has 74 valence electrons. The SMILES string of the molecule is CNC(=O)C=CC(C)CNC1CC1. The molecule has 0 heterocycles. The highest BCUT2D eigenvalue weighted by Crippen LogP contribution is 2.18. The fourth-order valence-electron chi connectivity index (χ4n) is 1.04. The van der Waals surface area contributed by atoms with E-state index < -0.39 is 0 Å². The Bertz CT molecular complexity index is 197. The molecule has 0 spiro atoms. The van der Waals surface area contributed by atoms with E-state index in [4.69, 9.17) is 0 Å². The summed E-state index contributed by atoms with van der Waals surface area (Å²) in [6.07, 6.45) is 6.16. The summed E-state index contributed by atoms with van der Waals surface area (Å²) in [4.78, 5) is 10.8. The molecule has 0 radical (unpaired) electrons. The molecule has 0 aromatic heterocycles. The largest absolute Gasteiger partial charge is 0.356 e. The molecule has 0 aromatic carbocycles. The first-order chi connectivity index (χ1) is 6.22. The van der Waals surface area contributed by atoms with Crippen LogP contribution in [0, 0.1) is 5.92 Å². The Labute approximate surface area is 79.6 Å². The second kappa shape index (κ2) is 5.02. The Morgan fingerprint density at radius 1 is 1.62 bits per heavy atom. The van der Waals surface area contributed by atoms with Crippen molar-refractivity contribution in [2.45, 2.75) is 25.8 Å². The van der Waals surface area contributed by atoms with Gasteiger partial charge in [-0.2, -0.15) is 0 Å². The van der Waals surface area contributed by atoms with Gasteiger partial charge in [-0.1, -0.05) is 13.0 Å². The molecule has 1 fully saturated rings. The smallest absolute Gasteiger partial charge is 0.243 e. The van der Waals surface area contributed by atoms with Gasteiger partial charge >= 0.3 is 0 Å². The van der Waals surface area contributed by atoms with Gasteiger partial charge in [0.05, 0.1) is 0 Å². The Balaban J connectivity index is 2.10. The maximum absolute atomic E-state index is 10.8. The molecular formula is C10H18N2O. The lowest BCUT2D eigenvalue weighted by atomic mass is 10.1. The van der Waals surface area contributed by atoms with Crippen LogP contribution in [0.1, 0.15) is 19.8 Å². The van der Waals surface area contributed by atoms with Crippen molar-refractivity contribution in [3.05, 3.63) is 12.2 Å². The maximum atomic E-state index is 10.8. The molecule has 2 N–H and O–H groups in total. The summed E-state index contributed by atoms with van der Waals surface area (Å²) in [7, 11) is 1.64. The molecule has 1 rings (SSSR count). The third-order valence-electron chi connectivity index (χ3n) is 2.13. The Kier molecular flexibility index (Phi) is 3.96. The minimum absolute atomic E-state index is 0.0294. The van der Waals surface area contributed by atoms with E-state index in [1.165, 1.54) is 12.8 Å². The van der Waals surface area contributed by atoms with E-state index in [0.717, 1.165) is 12.6 Å². The summed E-state index contributed by atoms with van der Waals surface area (Å²) < 4.78 is 0. The third-order valence-corrected chi connectivity index (χ3v) is 2.13. The highest BCUT2D eigenvalue weighted by Gasteiger charge is 2.20. The van der Waals surface area contributed by atoms with Crippen molar-refractivity contribution in [1.82, 2.24) is 10.6 Å². The van der Waals surface area contributed by atoms with Crippen LogP contribution < -0.4 is 10.6 Å². The Hall–Kier alpha value is -0.830. The monoisotopic (exact) mass is 182 g/mol. The lowest BCUT2D eigenvalue weighted by molar-refractivity contribution is -0.116. The standard InChI is InChI=1S/C10H18N2O/c1-8(3-6-10(13)11-2)7-12-9-4-5-9/h3,6,8-9,12H,4-5,7H2,1-2H3,(H,11,13). The van der Waals surface area contributed by atoms with Crippen LogP contribution in [0.4, 0.5) is 0 Å². The van der Waals surface area contributed by atoms with Crippen LogP contribution in [-0.4, -0.2) is 25.5 Å². The van der Waals surface area contributed by atoms with Crippen molar-refractivity contribution in [1.29, 1.82) is 0 Å². The van der Waals surface area contributed by atoms with E-state index in [9.17, 15) is 4.79 Å². The first kappa shape index (κ1) is 10.3. The van der Waals surface area contributed by atoms with Crippen LogP contribution in [0.3, 0.4) is 0 Å². The Morgan fingerprint density at radius 2 is 2.31 bits per heavy atom. The van der Waals surface area contributed by atoms with E-state index in [1.54, 1.807) is 13.1 Å². The number of rotatable bonds is 5. The lowest BCUT2D eigenvalue weighted by Crippen LogP contribution is -2.22. The van der Waals surface area contributed by atoms with Crippen LogP contribution >= 0.6 is 0 Å². The molecule has 0 aromatic rings. The van der Waals surface area contributed by atoms with Gasteiger partial charge in [-0.3, -0.25) is 4.79 Å². The number of amides is 1. The van der Waals surface area contributed by atoms with Gasteiger partial charge in [0.15, 0.2) is 0 Å². The van der Waals surface area contributed by atoms with Crippen molar-refractivity contribution in [3.8, 4) is 0 Å². The molecule has 1 saturated carbocycles. The normalized spacial score (nSPS) is 18.9. The van der Waals surface area contributed by atoms with Gasteiger partial charge < -0.3 is 10.6 Å². The fraction of sp³-hybridized carbons (Fsp3) is 0.700. The van der Waals surface area contributed by atoms with Crippen LogP contribution in [0.15, 0.2) is 12.2 Å². The van der Waals surface area contributed by atoms with E-state index >= 15 is 0 Å². The maximum Gasteiger partial charge on any atom is 0.243 e. The molecule has 13 heavy (non-hydrogen) atoms. The molecule has 0 aliphatic heterocycles. The van der Waals surface area contributed by atoms with Crippen molar-refractivity contribution in [2.24, 2.45) is 5.92 Å². The number of likely N-dealkylation sites (N-methyl/N-ethyl adjacent to an activating group) is 1. The Morgan fingerprint density at radius 3 is 2.85 bits per heavy atom. The second-order valence-electron chi connectivity index (χ2n) is 3.63. The van der Waals surface area contributed by atoms with Gasteiger partial charge in [0.25, 0.3) is 0 Å². The summed E-state index contributed by atoms with van der Waals surface area (Å²) in [5, 5.41) is 5.97. The third kappa shape index (κ3) is 4.68. The molecule has 1 unspecified atom stereocenters. The van der Waals surface area contributed by atoms with Gasteiger partial charge in [0.2, 0.25) is 5.91 Å². The average Bonchev–Trinajstić information content (AvgIpc) is 2.94. The fourth-order valence-corrected chi connectivity index (χ4v) is 1.04. The van der Waals surface area contributed by atoms with Crippen LogP contribution in [0.25, 0.3) is 0 Å². The first-order valence-electron chi connectivity index (χ1n) is 4.85. The number of carbonyl (C=O) groups excluding carboxylic acids is 1. The minimum atomic E-state index is -0.0294. The predicted octanol–water partition coefficient (Wildman–Crippen LogP) is 0.677. The molecular weight excluding hydrogens is 164 g/mol. The lowest BCUT2D eigenvalue weighted by Gasteiger charge is -2.06. The number of hydrogen-bond acceptors (Lipinski definition) is 2. The van der Waals surface area contributed by atoms with Gasteiger partial charge in [-0.25, -0.2) is 0 Å². The van der Waals surface area contributed by atoms with Gasteiger partial charge in [-0.15, -0.1) is 0 Å².